The van der Waals surface area contributed by atoms with Crippen LogP contribution in [-0.4, -0.2) is 24.5 Å². The van der Waals surface area contributed by atoms with Gasteiger partial charge in [-0.1, -0.05) is 12.8 Å². The molecule has 0 heterocycles. The maximum atomic E-state index is 11.6. The second-order valence-electron chi connectivity index (χ2n) is 6.06. The van der Waals surface area contributed by atoms with Crippen molar-refractivity contribution in [2.24, 2.45) is 11.8 Å². The number of nitrogens with one attached hydrogen (secondary N) is 2. The summed E-state index contributed by atoms with van der Waals surface area (Å²) >= 11 is 0. The molecule has 1 amide bonds. The molecule has 98 valence electrons. The van der Waals surface area contributed by atoms with Crippen molar-refractivity contribution in [1.82, 2.24) is 10.6 Å². The van der Waals surface area contributed by atoms with Crippen LogP contribution < -0.4 is 10.6 Å². The number of hydrogen-bond donors (Lipinski definition) is 2. The van der Waals surface area contributed by atoms with Crippen LogP contribution in [0.2, 0.25) is 0 Å². The molecule has 0 saturated heterocycles. The lowest BCUT2D eigenvalue weighted by Gasteiger charge is -2.29. The van der Waals surface area contributed by atoms with Crippen molar-refractivity contribution in [1.29, 1.82) is 0 Å². The summed E-state index contributed by atoms with van der Waals surface area (Å²) in [7, 11) is 0. The first-order chi connectivity index (χ1) is 8.15. The van der Waals surface area contributed by atoms with E-state index in [4.69, 9.17) is 0 Å². The largest absolute Gasteiger partial charge is 0.353 e. The third-order valence-electron chi connectivity index (χ3n) is 4.00. The summed E-state index contributed by atoms with van der Waals surface area (Å²) < 4.78 is 0. The summed E-state index contributed by atoms with van der Waals surface area (Å²) in [4.78, 5) is 11.6. The number of hydrogen-bond acceptors (Lipinski definition) is 2. The Balaban J connectivity index is 1.66. The van der Waals surface area contributed by atoms with E-state index >= 15 is 0 Å². The van der Waals surface area contributed by atoms with Gasteiger partial charge in [-0.3, -0.25) is 4.79 Å². The molecule has 0 aromatic rings. The van der Waals surface area contributed by atoms with Gasteiger partial charge in [-0.15, -0.1) is 0 Å². The molecule has 3 heteroatoms. The minimum absolute atomic E-state index is 0.133. The minimum atomic E-state index is 0.133. The highest BCUT2D eigenvalue weighted by Gasteiger charge is 2.34. The van der Waals surface area contributed by atoms with E-state index in [1.54, 1.807) is 0 Å². The summed E-state index contributed by atoms with van der Waals surface area (Å²) in [6, 6.07) is 0.821. The third-order valence-corrected chi connectivity index (χ3v) is 4.00. The topological polar surface area (TPSA) is 41.1 Å². The van der Waals surface area contributed by atoms with Gasteiger partial charge in [0.25, 0.3) is 0 Å². The molecule has 2 fully saturated rings. The van der Waals surface area contributed by atoms with Gasteiger partial charge in [0.15, 0.2) is 0 Å². The van der Waals surface area contributed by atoms with Crippen molar-refractivity contribution >= 4 is 5.91 Å². The van der Waals surface area contributed by atoms with E-state index in [1.165, 1.54) is 38.5 Å². The molecule has 2 atom stereocenters. The van der Waals surface area contributed by atoms with Crippen LogP contribution in [0.3, 0.4) is 0 Å². The average molecular weight is 238 g/mol. The van der Waals surface area contributed by atoms with Crippen LogP contribution in [0.15, 0.2) is 0 Å². The summed E-state index contributed by atoms with van der Waals surface area (Å²) in [5, 5.41) is 6.35. The van der Waals surface area contributed by atoms with Gasteiger partial charge in [-0.05, 0) is 51.4 Å². The van der Waals surface area contributed by atoms with E-state index in [0.29, 0.717) is 12.6 Å². The standard InChI is InChI=1S/C14H26N2O/c1-10(2)16-14(17)9-15-13-5-3-4-12(8-13)11-6-7-11/h10-13,15H,3-9H2,1-2H3,(H,16,17). The zero-order valence-corrected chi connectivity index (χ0v) is 11.2. The highest BCUT2D eigenvalue weighted by molar-refractivity contribution is 5.78. The van der Waals surface area contributed by atoms with E-state index in [9.17, 15) is 4.79 Å². The van der Waals surface area contributed by atoms with Crippen molar-refractivity contribution < 1.29 is 4.79 Å². The second kappa shape index (κ2) is 5.85. The van der Waals surface area contributed by atoms with Crippen molar-refractivity contribution in [3.05, 3.63) is 0 Å². The molecule has 0 aromatic heterocycles. The average Bonchev–Trinajstić information content (AvgIpc) is 3.10. The van der Waals surface area contributed by atoms with Gasteiger partial charge in [0.2, 0.25) is 5.91 Å². The van der Waals surface area contributed by atoms with Gasteiger partial charge in [0, 0.05) is 12.1 Å². The first-order valence-electron chi connectivity index (χ1n) is 7.18. The van der Waals surface area contributed by atoms with Crippen molar-refractivity contribution in [3.63, 3.8) is 0 Å². The molecular weight excluding hydrogens is 212 g/mol. The molecule has 0 spiro atoms. The lowest BCUT2D eigenvalue weighted by Crippen LogP contribution is -2.43. The van der Waals surface area contributed by atoms with E-state index in [-0.39, 0.29) is 11.9 Å². The number of amides is 1. The predicted molar refractivity (Wildman–Crippen MR) is 69.8 cm³/mol. The summed E-state index contributed by atoms with van der Waals surface area (Å²) in [6.07, 6.45) is 8.19. The lowest BCUT2D eigenvalue weighted by atomic mass is 9.83. The van der Waals surface area contributed by atoms with Crippen LogP contribution in [0.4, 0.5) is 0 Å². The Morgan fingerprint density at radius 2 is 1.94 bits per heavy atom. The van der Waals surface area contributed by atoms with Gasteiger partial charge >= 0.3 is 0 Å². The maximum Gasteiger partial charge on any atom is 0.234 e. The molecule has 0 aromatic carbocycles. The third kappa shape index (κ3) is 4.30. The smallest absolute Gasteiger partial charge is 0.234 e. The molecule has 3 nitrogen and oxygen atoms in total. The zero-order chi connectivity index (χ0) is 12.3. The summed E-state index contributed by atoms with van der Waals surface area (Å²) in [5.41, 5.74) is 0. The molecule has 0 aliphatic heterocycles. The van der Waals surface area contributed by atoms with Gasteiger partial charge in [0.05, 0.1) is 6.54 Å². The number of carbonyl (C=O) groups excluding carboxylic acids is 1. The van der Waals surface area contributed by atoms with Gasteiger partial charge < -0.3 is 10.6 Å². The quantitative estimate of drug-likeness (QED) is 0.770. The first-order valence-corrected chi connectivity index (χ1v) is 7.18. The summed E-state index contributed by atoms with van der Waals surface area (Å²) in [5.74, 6) is 2.09. The van der Waals surface area contributed by atoms with Gasteiger partial charge in [0.1, 0.15) is 0 Å². The fourth-order valence-corrected chi connectivity index (χ4v) is 3.02. The van der Waals surface area contributed by atoms with Crippen molar-refractivity contribution in [2.45, 2.75) is 64.5 Å². The molecule has 2 aliphatic rings. The van der Waals surface area contributed by atoms with Crippen LogP contribution >= 0.6 is 0 Å². The molecule has 2 N–H and O–H groups in total. The molecule has 2 saturated carbocycles. The molecule has 2 rings (SSSR count). The highest BCUT2D eigenvalue weighted by atomic mass is 16.1. The molecule has 2 unspecified atom stereocenters. The molecule has 2 aliphatic carbocycles. The van der Waals surface area contributed by atoms with E-state index in [1.807, 2.05) is 13.8 Å². The van der Waals surface area contributed by atoms with Crippen molar-refractivity contribution in [3.8, 4) is 0 Å². The van der Waals surface area contributed by atoms with E-state index in [2.05, 4.69) is 10.6 Å². The highest BCUT2D eigenvalue weighted by Crippen LogP contribution is 2.43. The van der Waals surface area contributed by atoms with Crippen LogP contribution in [0.1, 0.15) is 52.4 Å². The Morgan fingerprint density at radius 1 is 1.18 bits per heavy atom. The van der Waals surface area contributed by atoms with Crippen LogP contribution in [0, 0.1) is 11.8 Å². The van der Waals surface area contributed by atoms with Crippen LogP contribution in [-0.2, 0) is 4.79 Å². The van der Waals surface area contributed by atoms with E-state index < -0.39 is 0 Å². The minimum Gasteiger partial charge on any atom is -0.353 e. The van der Waals surface area contributed by atoms with Crippen LogP contribution in [0.25, 0.3) is 0 Å². The fraction of sp³-hybridized carbons (Fsp3) is 0.929. The Hall–Kier alpha value is -0.570. The Bertz CT molecular complexity index is 261. The normalized spacial score (nSPS) is 29.4. The summed E-state index contributed by atoms with van der Waals surface area (Å²) in [6.45, 7) is 4.49. The predicted octanol–water partition coefficient (Wildman–Crippen LogP) is 2.07. The Labute approximate surface area is 105 Å². The lowest BCUT2D eigenvalue weighted by molar-refractivity contribution is -0.120. The second-order valence-corrected chi connectivity index (χ2v) is 6.06. The van der Waals surface area contributed by atoms with Crippen molar-refractivity contribution in [2.75, 3.05) is 6.54 Å². The monoisotopic (exact) mass is 238 g/mol. The van der Waals surface area contributed by atoms with Gasteiger partial charge in [-0.2, -0.15) is 0 Å². The molecule has 0 radical (unpaired) electrons. The van der Waals surface area contributed by atoms with Crippen LogP contribution in [0.5, 0.6) is 0 Å². The zero-order valence-electron chi connectivity index (χ0n) is 11.2. The van der Waals surface area contributed by atoms with E-state index in [0.717, 1.165) is 11.8 Å². The SMILES string of the molecule is CC(C)NC(=O)CNC1CCCC(C2CC2)C1. The molecule has 17 heavy (non-hydrogen) atoms. The number of carbonyl (C=O) groups is 1. The molecule has 0 bridgehead atoms. The fourth-order valence-electron chi connectivity index (χ4n) is 3.02. The Morgan fingerprint density at radius 3 is 2.59 bits per heavy atom. The molecular formula is C14H26N2O. The first kappa shape index (κ1) is 12.9. The van der Waals surface area contributed by atoms with Gasteiger partial charge in [-0.25, -0.2) is 0 Å². The maximum absolute atomic E-state index is 11.6. The number of rotatable bonds is 5. The Kier molecular flexibility index (Phi) is 4.43.